The van der Waals surface area contributed by atoms with E-state index in [1.807, 2.05) is 18.2 Å². The highest BCUT2D eigenvalue weighted by Crippen LogP contribution is 2.18. The predicted molar refractivity (Wildman–Crippen MR) is 74.6 cm³/mol. The van der Waals surface area contributed by atoms with Crippen LogP contribution in [-0.2, 0) is 11.2 Å². The minimum atomic E-state index is 0.272. The third-order valence-corrected chi connectivity index (χ3v) is 3.15. The molecule has 0 bridgehead atoms. The summed E-state index contributed by atoms with van der Waals surface area (Å²) in [6, 6.07) is 7.19. The van der Waals surface area contributed by atoms with Gasteiger partial charge in [0.1, 0.15) is 11.5 Å². The topological polar surface area (TPSA) is 37.3 Å². The number of phenols is 1. The number of benzene rings is 1. The van der Waals surface area contributed by atoms with Crippen molar-refractivity contribution in [2.45, 2.75) is 39.0 Å². The highest BCUT2D eigenvalue weighted by molar-refractivity contribution is 5.78. The molecule has 0 saturated carbocycles. The van der Waals surface area contributed by atoms with Crippen LogP contribution in [0.4, 0.5) is 0 Å². The lowest BCUT2D eigenvalue weighted by Gasteiger charge is -2.08. The number of phenolic OH excluding ortho intramolecular Hbond substituents is 1. The molecule has 1 aromatic rings. The number of rotatable bonds is 8. The maximum absolute atomic E-state index is 11.7. The summed E-state index contributed by atoms with van der Waals surface area (Å²) in [7, 11) is 0. The Kier molecular flexibility index (Phi) is 6.20. The van der Waals surface area contributed by atoms with E-state index >= 15 is 0 Å². The molecule has 0 spiro atoms. The van der Waals surface area contributed by atoms with Gasteiger partial charge in [-0.2, -0.15) is 0 Å². The number of carbonyl (C=O) groups excluding carboxylic acids is 1. The Morgan fingerprint density at radius 2 is 2.11 bits per heavy atom. The molecule has 1 atom stereocenters. The van der Waals surface area contributed by atoms with Crippen molar-refractivity contribution >= 4 is 5.78 Å². The zero-order valence-corrected chi connectivity index (χ0v) is 11.1. The normalized spacial score (nSPS) is 12.1. The van der Waals surface area contributed by atoms with E-state index in [4.69, 9.17) is 0 Å². The third kappa shape index (κ3) is 5.17. The molecule has 1 N–H and O–H groups in total. The molecule has 98 valence electrons. The van der Waals surface area contributed by atoms with E-state index in [0.717, 1.165) is 18.4 Å². The second-order valence-corrected chi connectivity index (χ2v) is 4.84. The van der Waals surface area contributed by atoms with Crippen molar-refractivity contribution in [1.82, 2.24) is 0 Å². The number of allylic oxidation sites excluding steroid dienone is 1. The molecule has 0 aliphatic heterocycles. The van der Waals surface area contributed by atoms with Gasteiger partial charge >= 0.3 is 0 Å². The summed E-state index contributed by atoms with van der Waals surface area (Å²) < 4.78 is 0. The fourth-order valence-electron chi connectivity index (χ4n) is 1.93. The van der Waals surface area contributed by atoms with Crippen LogP contribution in [0.1, 0.15) is 38.2 Å². The molecule has 2 nitrogen and oxygen atoms in total. The highest BCUT2D eigenvalue weighted by Gasteiger charge is 2.07. The van der Waals surface area contributed by atoms with E-state index in [-0.39, 0.29) is 11.5 Å². The van der Waals surface area contributed by atoms with E-state index in [9.17, 15) is 9.90 Å². The van der Waals surface area contributed by atoms with Crippen molar-refractivity contribution < 1.29 is 9.90 Å². The molecule has 18 heavy (non-hydrogen) atoms. The fraction of sp³-hybridized carbons (Fsp3) is 0.438. The molecule has 1 rings (SSSR count). The summed E-state index contributed by atoms with van der Waals surface area (Å²) in [6.07, 6.45) is 5.55. The number of Topliss-reactive ketones (excluding diaryl/α,β-unsaturated/α-hetero) is 1. The monoisotopic (exact) mass is 246 g/mol. The number of carbonyl (C=O) groups is 1. The fourth-order valence-corrected chi connectivity index (χ4v) is 1.93. The largest absolute Gasteiger partial charge is 0.508 e. The Morgan fingerprint density at radius 1 is 1.39 bits per heavy atom. The number of hydrogen-bond donors (Lipinski definition) is 1. The maximum atomic E-state index is 11.7. The third-order valence-electron chi connectivity index (χ3n) is 3.15. The molecule has 1 aromatic carbocycles. The van der Waals surface area contributed by atoms with E-state index in [1.165, 1.54) is 0 Å². The van der Waals surface area contributed by atoms with Crippen molar-refractivity contribution in [2.24, 2.45) is 5.92 Å². The zero-order valence-electron chi connectivity index (χ0n) is 11.1. The van der Waals surface area contributed by atoms with Crippen molar-refractivity contribution in [3.63, 3.8) is 0 Å². The Labute approximate surface area is 109 Å². The number of para-hydroxylation sites is 1. The lowest BCUT2D eigenvalue weighted by atomic mass is 9.98. The first kappa shape index (κ1) is 14.5. The van der Waals surface area contributed by atoms with Crippen molar-refractivity contribution in [3.8, 4) is 5.75 Å². The molecule has 0 aliphatic rings. The average Bonchev–Trinajstić information content (AvgIpc) is 2.36. The van der Waals surface area contributed by atoms with Gasteiger partial charge in [0.15, 0.2) is 0 Å². The maximum Gasteiger partial charge on any atom is 0.133 e. The van der Waals surface area contributed by atoms with Crippen LogP contribution < -0.4 is 0 Å². The van der Waals surface area contributed by atoms with Gasteiger partial charge in [0, 0.05) is 12.8 Å². The van der Waals surface area contributed by atoms with Crippen molar-refractivity contribution in [3.05, 3.63) is 42.5 Å². The molecule has 0 radical (unpaired) electrons. The Balaban J connectivity index is 2.29. The van der Waals surface area contributed by atoms with Gasteiger partial charge in [-0.25, -0.2) is 0 Å². The lowest BCUT2D eigenvalue weighted by Crippen LogP contribution is -2.03. The van der Waals surface area contributed by atoms with Crippen LogP contribution in [0.3, 0.4) is 0 Å². The van der Waals surface area contributed by atoms with Gasteiger partial charge in [0.2, 0.25) is 0 Å². The zero-order chi connectivity index (χ0) is 13.4. The lowest BCUT2D eigenvalue weighted by molar-refractivity contribution is -0.119. The van der Waals surface area contributed by atoms with Gasteiger partial charge in [-0.1, -0.05) is 31.2 Å². The molecular formula is C16H22O2. The van der Waals surface area contributed by atoms with Gasteiger partial charge in [-0.15, -0.1) is 6.58 Å². The van der Waals surface area contributed by atoms with Crippen LogP contribution in [0, 0.1) is 5.92 Å². The predicted octanol–water partition coefficient (Wildman–Crippen LogP) is 3.89. The first-order valence-electron chi connectivity index (χ1n) is 6.53. The summed E-state index contributed by atoms with van der Waals surface area (Å²) in [6.45, 7) is 5.84. The minimum Gasteiger partial charge on any atom is -0.508 e. The van der Waals surface area contributed by atoms with E-state index in [1.54, 1.807) is 12.1 Å². The van der Waals surface area contributed by atoms with E-state index in [0.29, 0.717) is 25.2 Å². The quantitative estimate of drug-likeness (QED) is 0.707. The van der Waals surface area contributed by atoms with Crippen LogP contribution >= 0.6 is 0 Å². The molecule has 0 heterocycles. The molecule has 0 saturated heterocycles. The number of aryl methyl sites for hydroxylation is 1. The van der Waals surface area contributed by atoms with Crippen LogP contribution in [0.25, 0.3) is 0 Å². The highest BCUT2D eigenvalue weighted by atomic mass is 16.3. The van der Waals surface area contributed by atoms with Crippen LogP contribution in [0.15, 0.2) is 36.9 Å². The second-order valence-electron chi connectivity index (χ2n) is 4.84. The first-order valence-corrected chi connectivity index (χ1v) is 6.53. The van der Waals surface area contributed by atoms with Crippen LogP contribution in [0.2, 0.25) is 0 Å². The number of aromatic hydroxyl groups is 1. The van der Waals surface area contributed by atoms with E-state index < -0.39 is 0 Å². The minimum absolute atomic E-state index is 0.272. The molecule has 2 heteroatoms. The SMILES string of the molecule is C=CC[C@@H](C)CCC(=O)CCc1ccccc1O. The Hall–Kier alpha value is -1.57. The smallest absolute Gasteiger partial charge is 0.133 e. The van der Waals surface area contributed by atoms with Gasteiger partial charge in [-0.05, 0) is 36.8 Å². The van der Waals surface area contributed by atoms with Crippen molar-refractivity contribution in [2.75, 3.05) is 0 Å². The van der Waals surface area contributed by atoms with Crippen molar-refractivity contribution in [1.29, 1.82) is 0 Å². The number of ketones is 1. The summed E-state index contributed by atoms with van der Waals surface area (Å²) in [5, 5.41) is 9.59. The molecular weight excluding hydrogens is 224 g/mol. The van der Waals surface area contributed by atoms with Gasteiger partial charge in [-0.3, -0.25) is 4.79 Å². The van der Waals surface area contributed by atoms with Crippen LogP contribution in [-0.4, -0.2) is 10.9 Å². The van der Waals surface area contributed by atoms with Gasteiger partial charge in [0.05, 0.1) is 0 Å². The van der Waals surface area contributed by atoms with Gasteiger partial charge in [0.25, 0.3) is 0 Å². The van der Waals surface area contributed by atoms with Gasteiger partial charge < -0.3 is 5.11 Å². The summed E-state index contributed by atoms with van der Waals surface area (Å²) in [5.74, 6) is 1.08. The summed E-state index contributed by atoms with van der Waals surface area (Å²) >= 11 is 0. The molecule has 0 amide bonds. The average molecular weight is 246 g/mol. The summed E-state index contributed by atoms with van der Waals surface area (Å²) in [4.78, 5) is 11.7. The Morgan fingerprint density at radius 3 is 2.78 bits per heavy atom. The molecule has 0 unspecified atom stereocenters. The Bertz CT molecular complexity index is 396. The summed E-state index contributed by atoms with van der Waals surface area (Å²) in [5.41, 5.74) is 0.852. The second kappa shape index (κ2) is 7.70. The first-order chi connectivity index (χ1) is 8.63. The molecule has 0 aliphatic carbocycles. The molecule has 0 fully saturated rings. The number of hydrogen-bond acceptors (Lipinski definition) is 2. The van der Waals surface area contributed by atoms with E-state index in [2.05, 4.69) is 13.5 Å². The molecule has 0 aromatic heterocycles. The van der Waals surface area contributed by atoms with Crippen LogP contribution in [0.5, 0.6) is 5.75 Å². The standard InChI is InChI=1S/C16H22O2/c1-3-6-13(2)9-11-15(17)12-10-14-7-4-5-8-16(14)18/h3-5,7-8,13,18H,1,6,9-12H2,2H3/t13-/m1/s1.